The first kappa shape index (κ1) is 10.6. The number of ether oxygens (including phenoxy) is 1. The number of piperazine rings is 1. The molecule has 0 spiro atoms. The molecule has 0 aromatic rings. The summed E-state index contributed by atoms with van der Waals surface area (Å²) >= 11 is 8.97. The normalized spacial score (nSPS) is 17.1. The Morgan fingerprint density at radius 1 is 1.31 bits per heavy atom. The fourth-order valence-electron chi connectivity index (χ4n) is 1.21. The Hall–Kier alpha value is -0.490. The van der Waals surface area contributed by atoms with Gasteiger partial charge in [0.05, 0.1) is 7.11 Å². The number of thiol groups is 1. The first-order chi connectivity index (χ1) is 6.15. The maximum atomic E-state index is 11.1. The summed E-state index contributed by atoms with van der Waals surface area (Å²) in [5.74, 6) is 0. The molecule has 1 aliphatic heterocycles. The Bertz CT molecular complexity index is 215. The van der Waals surface area contributed by atoms with E-state index in [1.165, 1.54) is 7.11 Å². The number of hydrogen-bond acceptors (Lipinski definition) is 3. The molecule has 0 radical (unpaired) electrons. The molecule has 0 atom stereocenters. The molecule has 74 valence electrons. The van der Waals surface area contributed by atoms with E-state index >= 15 is 0 Å². The third-order valence-corrected chi connectivity index (χ3v) is 2.52. The Morgan fingerprint density at radius 2 is 1.77 bits per heavy atom. The summed E-state index contributed by atoms with van der Waals surface area (Å²) < 4.78 is 5.19. The number of methoxy groups -OCH3 is 1. The molecule has 0 saturated carbocycles. The zero-order valence-corrected chi connectivity index (χ0v) is 9.11. The van der Waals surface area contributed by atoms with Crippen LogP contribution in [0.3, 0.4) is 0 Å². The maximum absolute atomic E-state index is 11.1. The fourth-order valence-corrected chi connectivity index (χ4v) is 1.59. The van der Waals surface area contributed by atoms with Gasteiger partial charge in [0.25, 0.3) is 0 Å². The largest absolute Gasteiger partial charge is 0.453 e. The third-order valence-electron chi connectivity index (χ3n) is 1.98. The number of thiocarbonyl (C=S) groups is 1. The van der Waals surface area contributed by atoms with E-state index < -0.39 is 0 Å². The standard InChI is InChI=1S/C7H12N2O2S2/c1-11-6(10)8-2-4-9(5-3-8)7(12)13/h2-5H2,1H3,(H,12,13). The summed E-state index contributed by atoms with van der Waals surface area (Å²) in [7, 11) is 1.39. The van der Waals surface area contributed by atoms with Crippen LogP contribution in [0.2, 0.25) is 0 Å². The Kier molecular flexibility index (Phi) is 3.80. The highest BCUT2D eigenvalue weighted by atomic mass is 32.1. The van der Waals surface area contributed by atoms with Gasteiger partial charge in [0, 0.05) is 26.2 Å². The van der Waals surface area contributed by atoms with E-state index in [1.54, 1.807) is 4.90 Å². The Balaban J connectivity index is 2.39. The lowest BCUT2D eigenvalue weighted by Gasteiger charge is -2.33. The number of amides is 1. The van der Waals surface area contributed by atoms with Gasteiger partial charge in [-0.25, -0.2) is 4.79 Å². The predicted octanol–water partition coefficient (Wildman–Crippen LogP) is 0.585. The predicted molar refractivity (Wildman–Crippen MR) is 57.1 cm³/mol. The molecule has 4 nitrogen and oxygen atoms in total. The second-order valence-corrected chi connectivity index (χ2v) is 3.84. The summed E-state index contributed by atoms with van der Waals surface area (Å²) in [4.78, 5) is 14.7. The molecule has 0 aromatic carbocycles. The van der Waals surface area contributed by atoms with Crippen molar-refractivity contribution in [2.24, 2.45) is 0 Å². The molecule has 1 aliphatic rings. The molecule has 0 aliphatic carbocycles. The van der Waals surface area contributed by atoms with Gasteiger partial charge in [-0.1, -0.05) is 12.2 Å². The Labute approximate surface area is 88.2 Å². The van der Waals surface area contributed by atoms with E-state index in [-0.39, 0.29) is 6.09 Å². The summed E-state index contributed by atoms with van der Waals surface area (Å²) in [6.07, 6.45) is -0.273. The van der Waals surface area contributed by atoms with Crippen molar-refractivity contribution in [3.8, 4) is 0 Å². The van der Waals surface area contributed by atoms with Crippen LogP contribution in [0.4, 0.5) is 4.79 Å². The van der Waals surface area contributed by atoms with Gasteiger partial charge in [-0.3, -0.25) is 0 Å². The topological polar surface area (TPSA) is 32.8 Å². The van der Waals surface area contributed by atoms with Crippen LogP contribution in [-0.4, -0.2) is 53.5 Å². The molecule has 0 unspecified atom stereocenters. The van der Waals surface area contributed by atoms with E-state index in [4.69, 9.17) is 12.2 Å². The molecule has 1 saturated heterocycles. The van der Waals surface area contributed by atoms with Crippen molar-refractivity contribution < 1.29 is 9.53 Å². The highest BCUT2D eigenvalue weighted by Gasteiger charge is 2.21. The number of nitrogens with zero attached hydrogens (tertiary/aromatic N) is 2. The monoisotopic (exact) mass is 220 g/mol. The Morgan fingerprint density at radius 3 is 2.15 bits per heavy atom. The highest BCUT2D eigenvalue weighted by Crippen LogP contribution is 2.05. The van der Waals surface area contributed by atoms with Gasteiger partial charge in [-0.05, 0) is 0 Å². The van der Waals surface area contributed by atoms with Crippen LogP contribution in [0.25, 0.3) is 0 Å². The van der Waals surface area contributed by atoms with Crippen LogP contribution >= 0.6 is 24.8 Å². The molecule has 0 bridgehead atoms. The molecule has 13 heavy (non-hydrogen) atoms. The SMILES string of the molecule is COC(=O)N1CCN(C(=S)S)CC1. The molecule has 1 fully saturated rings. The summed E-state index contributed by atoms with van der Waals surface area (Å²) in [5, 5.41) is 0. The van der Waals surface area contributed by atoms with Crippen molar-refractivity contribution in [2.45, 2.75) is 0 Å². The molecule has 0 aromatic heterocycles. The van der Waals surface area contributed by atoms with Gasteiger partial charge >= 0.3 is 6.09 Å². The van der Waals surface area contributed by atoms with Crippen molar-refractivity contribution in [3.05, 3.63) is 0 Å². The van der Waals surface area contributed by atoms with Crippen molar-refractivity contribution in [3.63, 3.8) is 0 Å². The van der Waals surface area contributed by atoms with Gasteiger partial charge in [-0.15, -0.1) is 12.6 Å². The minimum atomic E-state index is -0.273. The third kappa shape index (κ3) is 2.73. The van der Waals surface area contributed by atoms with Crippen molar-refractivity contribution in [1.29, 1.82) is 0 Å². The van der Waals surface area contributed by atoms with E-state index in [2.05, 4.69) is 17.4 Å². The highest BCUT2D eigenvalue weighted by molar-refractivity contribution is 8.10. The number of carbonyl (C=O) groups excluding carboxylic acids is 1. The number of carbonyl (C=O) groups is 1. The van der Waals surface area contributed by atoms with Crippen LogP contribution in [0, 0.1) is 0 Å². The molecular weight excluding hydrogens is 208 g/mol. The molecule has 1 amide bonds. The van der Waals surface area contributed by atoms with Crippen LogP contribution in [0.1, 0.15) is 0 Å². The maximum Gasteiger partial charge on any atom is 0.409 e. The fraction of sp³-hybridized carbons (Fsp3) is 0.714. The quantitative estimate of drug-likeness (QED) is 0.478. The number of rotatable bonds is 0. The van der Waals surface area contributed by atoms with Crippen LogP contribution in [0.15, 0.2) is 0 Å². The first-order valence-corrected chi connectivity index (χ1v) is 4.81. The lowest BCUT2D eigenvalue weighted by atomic mass is 10.3. The van der Waals surface area contributed by atoms with Crippen molar-refractivity contribution in [2.75, 3.05) is 33.3 Å². The second kappa shape index (κ2) is 4.66. The van der Waals surface area contributed by atoms with Crippen molar-refractivity contribution in [1.82, 2.24) is 9.80 Å². The smallest absolute Gasteiger partial charge is 0.409 e. The first-order valence-electron chi connectivity index (χ1n) is 3.96. The lowest BCUT2D eigenvalue weighted by molar-refractivity contribution is 0.107. The lowest BCUT2D eigenvalue weighted by Crippen LogP contribution is -2.49. The summed E-state index contributed by atoms with van der Waals surface area (Å²) in [6, 6.07) is 0. The molecule has 1 heterocycles. The van der Waals surface area contributed by atoms with Crippen molar-refractivity contribution >= 4 is 35.3 Å². The average molecular weight is 220 g/mol. The van der Waals surface area contributed by atoms with E-state index in [0.29, 0.717) is 17.4 Å². The summed E-state index contributed by atoms with van der Waals surface area (Å²) in [6.45, 7) is 2.76. The number of hydrogen-bond donors (Lipinski definition) is 1. The summed E-state index contributed by atoms with van der Waals surface area (Å²) in [5.41, 5.74) is 0. The minimum Gasteiger partial charge on any atom is -0.453 e. The van der Waals surface area contributed by atoms with Crippen LogP contribution < -0.4 is 0 Å². The van der Waals surface area contributed by atoms with Crippen LogP contribution in [0.5, 0.6) is 0 Å². The van der Waals surface area contributed by atoms with Gasteiger partial charge in [-0.2, -0.15) is 0 Å². The molecule has 6 heteroatoms. The zero-order valence-electron chi connectivity index (χ0n) is 7.39. The van der Waals surface area contributed by atoms with Gasteiger partial charge in [0.1, 0.15) is 4.32 Å². The second-order valence-electron chi connectivity index (χ2n) is 2.73. The molecule has 0 N–H and O–H groups in total. The van der Waals surface area contributed by atoms with Crippen LogP contribution in [-0.2, 0) is 4.74 Å². The van der Waals surface area contributed by atoms with Gasteiger partial charge in [0.2, 0.25) is 0 Å². The minimum absolute atomic E-state index is 0.273. The van der Waals surface area contributed by atoms with E-state index in [0.717, 1.165) is 13.1 Å². The zero-order chi connectivity index (χ0) is 9.84. The average Bonchev–Trinajstić information content (AvgIpc) is 2.17. The van der Waals surface area contributed by atoms with Gasteiger partial charge < -0.3 is 14.5 Å². The van der Waals surface area contributed by atoms with E-state index in [9.17, 15) is 4.79 Å². The molecular formula is C7H12N2O2S2. The molecule has 1 rings (SSSR count). The van der Waals surface area contributed by atoms with E-state index in [1.807, 2.05) is 4.90 Å². The van der Waals surface area contributed by atoms with Gasteiger partial charge in [0.15, 0.2) is 0 Å².